The molecule has 2 aromatic rings. The van der Waals surface area contributed by atoms with Crippen LogP contribution in [0.5, 0.6) is 0 Å². The molecule has 5 heteroatoms. The van der Waals surface area contributed by atoms with E-state index >= 15 is 0 Å². The van der Waals surface area contributed by atoms with Gasteiger partial charge in [-0.2, -0.15) is 5.10 Å². The topological polar surface area (TPSA) is 60.9 Å². The van der Waals surface area contributed by atoms with Gasteiger partial charge in [0.15, 0.2) is 0 Å². The van der Waals surface area contributed by atoms with Crippen molar-refractivity contribution in [2.24, 2.45) is 0 Å². The van der Waals surface area contributed by atoms with Crippen molar-refractivity contribution in [2.45, 2.75) is 6.54 Å². The molecule has 0 bridgehead atoms. The fourth-order valence-corrected chi connectivity index (χ4v) is 1.39. The van der Waals surface area contributed by atoms with E-state index in [9.17, 15) is 9.18 Å². The molecule has 0 saturated heterocycles. The first-order chi connectivity index (χ1) is 7.66. The fourth-order valence-electron chi connectivity index (χ4n) is 1.39. The van der Waals surface area contributed by atoms with E-state index in [1.54, 1.807) is 12.1 Å². The first-order valence-corrected chi connectivity index (χ1v) is 4.73. The highest BCUT2D eigenvalue weighted by Crippen LogP contribution is 2.04. The van der Waals surface area contributed by atoms with Crippen LogP contribution < -0.4 is 11.3 Å². The monoisotopic (exact) mass is 219 g/mol. The third kappa shape index (κ3) is 2.08. The average Bonchev–Trinajstić information content (AvgIpc) is 2.25. The summed E-state index contributed by atoms with van der Waals surface area (Å²) in [5.74, 6) is -0.338. The molecule has 0 aliphatic carbocycles. The van der Waals surface area contributed by atoms with Crippen LogP contribution in [0, 0.1) is 5.82 Å². The summed E-state index contributed by atoms with van der Waals surface area (Å²) < 4.78 is 14.1. The standard InChI is InChI=1S/C11H10FN3O/c12-9-3-1-2-8(6-9)7-15-11(16)10(13)4-5-14-15/h1-6H,7,13H2. The lowest BCUT2D eigenvalue weighted by Gasteiger charge is -2.04. The average molecular weight is 219 g/mol. The van der Waals surface area contributed by atoms with E-state index in [0.29, 0.717) is 5.56 Å². The first kappa shape index (κ1) is 10.4. The molecule has 1 aromatic heterocycles. The summed E-state index contributed by atoms with van der Waals surface area (Å²) in [7, 11) is 0. The minimum Gasteiger partial charge on any atom is -0.394 e. The molecule has 0 fully saturated rings. The van der Waals surface area contributed by atoms with Crippen LogP contribution >= 0.6 is 0 Å². The lowest BCUT2D eigenvalue weighted by Crippen LogP contribution is -2.25. The maximum Gasteiger partial charge on any atom is 0.290 e. The van der Waals surface area contributed by atoms with Gasteiger partial charge in [0.05, 0.1) is 6.54 Å². The number of hydrogen-bond donors (Lipinski definition) is 1. The van der Waals surface area contributed by atoms with Crippen LogP contribution in [0.15, 0.2) is 41.3 Å². The van der Waals surface area contributed by atoms with E-state index in [2.05, 4.69) is 5.10 Å². The Bertz CT molecular complexity index is 565. The molecule has 0 radical (unpaired) electrons. The maximum absolute atomic E-state index is 12.9. The van der Waals surface area contributed by atoms with Gasteiger partial charge in [-0.15, -0.1) is 0 Å². The summed E-state index contributed by atoms with van der Waals surface area (Å²) in [6.07, 6.45) is 1.44. The summed E-state index contributed by atoms with van der Waals surface area (Å²) >= 11 is 0. The van der Waals surface area contributed by atoms with Gasteiger partial charge in [0, 0.05) is 6.20 Å². The minimum absolute atomic E-state index is 0.131. The van der Waals surface area contributed by atoms with Crippen molar-refractivity contribution in [2.75, 3.05) is 5.73 Å². The molecule has 2 rings (SSSR count). The highest BCUT2D eigenvalue weighted by atomic mass is 19.1. The summed E-state index contributed by atoms with van der Waals surface area (Å²) in [6, 6.07) is 7.45. The zero-order valence-corrected chi connectivity index (χ0v) is 8.43. The Morgan fingerprint density at radius 1 is 1.38 bits per heavy atom. The molecule has 82 valence electrons. The van der Waals surface area contributed by atoms with Gasteiger partial charge >= 0.3 is 0 Å². The lowest BCUT2D eigenvalue weighted by atomic mass is 10.2. The van der Waals surface area contributed by atoms with Crippen LogP contribution in [-0.4, -0.2) is 9.78 Å². The van der Waals surface area contributed by atoms with Gasteiger partial charge in [-0.1, -0.05) is 12.1 Å². The summed E-state index contributed by atoms with van der Waals surface area (Å²) in [4.78, 5) is 11.5. The number of nitrogens with zero attached hydrogens (tertiary/aromatic N) is 2. The van der Waals surface area contributed by atoms with Crippen LogP contribution in [0.2, 0.25) is 0 Å². The van der Waals surface area contributed by atoms with E-state index in [1.165, 1.54) is 29.1 Å². The molecule has 0 aliphatic heterocycles. The van der Waals surface area contributed by atoms with Gasteiger partial charge in [0.25, 0.3) is 5.56 Å². The Kier molecular flexibility index (Phi) is 2.68. The highest BCUT2D eigenvalue weighted by Gasteiger charge is 2.02. The number of benzene rings is 1. The van der Waals surface area contributed by atoms with Crippen molar-refractivity contribution < 1.29 is 4.39 Å². The number of hydrogen-bond acceptors (Lipinski definition) is 3. The summed E-state index contributed by atoms with van der Waals surface area (Å²) in [6.45, 7) is 0.210. The molecule has 0 spiro atoms. The molecule has 16 heavy (non-hydrogen) atoms. The number of nitrogen functional groups attached to an aromatic ring is 1. The van der Waals surface area contributed by atoms with Crippen molar-refractivity contribution in [3.05, 3.63) is 58.3 Å². The van der Waals surface area contributed by atoms with Crippen molar-refractivity contribution in [1.29, 1.82) is 0 Å². The number of halogens is 1. The van der Waals surface area contributed by atoms with Crippen molar-refractivity contribution in [1.82, 2.24) is 9.78 Å². The van der Waals surface area contributed by atoms with Crippen LogP contribution in [-0.2, 0) is 6.54 Å². The quantitative estimate of drug-likeness (QED) is 0.820. The predicted octanol–water partition coefficient (Wildman–Crippen LogP) is 1.01. The van der Waals surface area contributed by atoms with E-state index in [-0.39, 0.29) is 23.6 Å². The molecule has 2 N–H and O–H groups in total. The van der Waals surface area contributed by atoms with Crippen LogP contribution in [0.1, 0.15) is 5.56 Å². The lowest BCUT2D eigenvalue weighted by molar-refractivity contribution is 0.611. The van der Waals surface area contributed by atoms with Crippen molar-refractivity contribution in [3.63, 3.8) is 0 Å². The first-order valence-electron chi connectivity index (χ1n) is 4.73. The van der Waals surface area contributed by atoms with E-state index < -0.39 is 0 Å². The van der Waals surface area contributed by atoms with Crippen molar-refractivity contribution in [3.8, 4) is 0 Å². The molecule has 1 heterocycles. The van der Waals surface area contributed by atoms with Gasteiger partial charge in [-0.25, -0.2) is 9.07 Å². The number of aromatic nitrogens is 2. The molecule has 4 nitrogen and oxygen atoms in total. The molecule has 0 unspecified atom stereocenters. The van der Waals surface area contributed by atoms with Gasteiger partial charge in [-0.05, 0) is 23.8 Å². The Hall–Kier alpha value is -2.17. The second-order valence-corrected chi connectivity index (χ2v) is 3.38. The van der Waals surface area contributed by atoms with Crippen LogP contribution in [0.25, 0.3) is 0 Å². The van der Waals surface area contributed by atoms with Crippen LogP contribution in [0.3, 0.4) is 0 Å². The zero-order chi connectivity index (χ0) is 11.5. The van der Waals surface area contributed by atoms with E-state index in [4.69, 9.17) is 5.73 Å². The second-order valence-electron chi connectivity index (χ2n) is 3.38. The molecule has 0 aliphatic rings. The van der Waals surface area contributed by atoms with E-state index in [1.807, 2.05) is 0 Å². The third-order valence-electron chi connectivity index (χ3n) is 2.16. The van der Waals surface area contributed by atoms with Gasteiger partial charge in [-0.3, -0.25) is 4.79 Å². The number of rotatable bonds is 2. The molecule has 0 atom stereocenters. The molecular formula is C11H10FN3O. The van der Waals surface area contributed by atoms with Gasteiger partial charge < -0.3 is 5.73 Å². The third-order valence-corrected chi connectivity index (χ3v) is 2.16. The smallest absolute Gasteiger partial charge is 0.290 e. The van der Waals surface area contributed by atoms with E-state index in [0.717, 1.165) is 0 Å². The fraction of sp³-hybridized carbons (Fsp3) is 0.0909. The highest BCUT2D eigenvalue weighted by molar-refractivity contribution is 5.32. The Labute approximate surface area is 91.1 Å². The van der Waals surface area contributed by atoms with Gasteiger partial charge in [0.1, 0.15) is 11.5 Å². The predicted molar refractivity (Wildman–Crippen MR) is 58.4 cm³/mol. The molecule has 1 aromatic carbocycles. The zero-order valence-electron chi connectivity index (χ0n) is 8.43. The summed E-state index contributed by atoms with van der Waals surface area (Å²) in [5.41, 5.74) is 5.89. The maximum atomic E-state index is 12.9. The Balaban J connectivity index is 2.34. The Morgan fingerprint density at radius 2 is 2.19 bits per heavy atom. The number of nitrogens with two attached hydrogens (primary N) is 1. The molecule has 0 amide bonds. The molecule has 0 saturated carbocycles. The molecular weight excluding hydrogens is 209 g/mol. The minimum atomic E-state index is -0.369. The largest absolute Gasteiger partial charge is 0.394 e. The van der Waals surface area contributed by atoms with Crippen LogP contribution in [0.4, 0.5) is 10.1 Å². The van der Waals surface area contributed by atoms with Crippen molar-refractivity contribution >= 4 is 5.69 Å². The second kappa shape index (κ2) is 4.14. The SMILES string of the molecule is Nc1ccnn(Cc2cccc(F)c2)c1=O. The Morgan fingerprint density at radius 3 is 2.94 bits per heavy atom. The summed E-state index contributed by atoms with van der Waals surface area (Å²) in [5, 5.41) is 3.87. The number of anilines is 1. The van der Waals surface area contributed by atoms with Gasteiger partial charge in [0.2, 0.25) is 0 Å². The normalized spacial score (nSPS) is 10.3.